The first-order valence-electron chi connectivity index (χ1n) is 6.66. The normalized spacial score (nSPS) is 22.2. The summed E-state index contributed by atoms with van der Waals surface area (Å²) < 4.78 is 32.4. The number of alkyl halides is 3. The molecule has 1 aliphatic carbocycles. The molecule has 1 aliphatic rings. The third-order valence-electron chi connectivity index (χ3n) is 3.58. The van der Waals surface area contributed by atoms with Gasteiger partial charge in [-0.3, -0.25) is 0 Å². The quantitative estimate of drug-likeness (QED) is 0.697. The molecule has 2 rings (SSSR count). The predicted molar refractivity (Wildman–Crippen MR) is 76.2 cm³/mol. The first-order valence-corrected chi connectivity index (χ1v) is 7.78. The van der Waals surface area contributed by atoms with Crippen molar-refractivity contribution >= 4 is 15.9 Å². The molecule has 1 unspecified atom stereocenters. The van der Waals surface area contributed by atoms with Crippen LogP contribution in [0.1, 0.15) is 36.8 Å². The third kappa shape index (κ3) is 4.16. The van der Waals surface area contributed by atoms with E-state index in [9.17, 15) is 8.78 Å². The maximum atomic E-state index is 13.3. The highest BCUT2D eigenvalue weighted by molar-refractivity contribution is 9.08. The number of rotatable bonds is 4. The summed E-state index contributed by atoms with van der Waals surface area (Å²) in [4.78, 5) is 0. The van der Waals surface area contributed by atoms with E-state index in [-0.39, 0.29) is 18.8 Å². The number of benzene rings is 1. The molecule has 1 atom stereocenters. The molecule has 1 aromatic carbocycles. The van der Waals surface area contributed by atoms with Crippen LogP contribution in [0.15, 0.2) is 18.2 Å². The van der Waals surface area contributed by atoms with Gasteiger partial charge in [-0.2, -0.15) is 0 Å². The molecule has 0 saturated heterocycles. The van der Waals surface area contributed by atoms with Gasteiger partial charge in [0, 0.05) is 23.7 Å². The van der Waals surface area contributed by atoms with E-state index in [2.05, 4.69) is 22.0 Å². The van der Waals surface area contributed by atoms with E-state index < -0.39 is 5.92 Å². The number of halogens is 3. The van der Waals surface area contributed by atoms with Crippen LogP contribution in [0, 0.1) is 12.8 Å². The summed E-state index contributed by atoms with van der Waals surface area (Å²) in [5.41, 5.74) is 2.24. The lowest BCUT2D eigenvalue weighted by atomic mass is 9.87. The molecule has 19 heavy (non-hydrogen) atoms. The lowest BCUT2D eigenvalue weighted by Gasteiger charge is -2.28. The van der Waals surface area contributed by atoms with Crippen LogP contribution in [0.25, 0.3) is 0 Å². The van der Waals surface area contributed by atoms with E-state index in [0.29, 0.717) is 18.4 Å². The Kier molecular flexibility index (Phi) is 4.82. The SMILES string of the molecule is Cc1ccc(OCC2CCCC(F)(F)C2)c(CBr)c1. The summed E-state index contributed by atoms with van der Waals surface area (Å²) in [5.74, 6) is -1.73. The van der Waals surface area contributed by atoms with Crippen molar-refractivity contribution < 1.29 is 13.5 Å². The molecule has 0 spiro atoms. The van der Waals surface area contributed by atoms with Gasteiger partial charge in [0.05, 0.1) is 6.61 Å². The molecule has 0 bridgehead atoms. The van der Waals surface area contributed by atoms with E-state index in [4.69, 9.17) is 4.74 Å². The second-order valence-corrected chi connectivity index (χ2v) is 5.93. The van der Waals surface area contributed by atoms with Crippen molar-refractivity contribution in [3.8, 4) is 5.75 Å². The second-order valence-electron chi connectivity index (χ2n) is 5.37. The van der Waals surface area contributed by atoms with Gasteiger partial charge in [0.2, 0.25) is 5.92 Å². The Morgan fingerprint density at radius 1 is 1.42 bits per heavy atom. The average Bonchev–Trinajstić information content (AvgIpc) is 2.36. The molecule has 1 aromatic rings. The highest BCUT2D eigenvalue weighted by Gasteiger charge is 2.36. The Bertz CT molecular complexity index is 434. The van der Waals surface area contributed by atoms with Crippen molar-refractivity contribution in [2.45, 2.75) is 43.9 Å². The van der Waals surface area contributed by atoms with Gasteiger partial charge >= 0.3 is 0 Å². The highest BCUT2D eigenvalue weighted by Crippen LogP contribution is 2.37. The van der Waals surface area contributed by atoms with Crippen LogP contribution >= 0.6 is 15.9 Å². The Hall–Kier alpha value is -0.640. The van der Waals surface area contributed by atoms with E-state index >= 15 is 0 Å². The second kappa shape index (κ2) is 6.21. The van der Waals surface area contributed by atoms with E-state index in [1.165, 1.54) is 5.56 Å². The Balaban J connectivity index is 1.95. The van der Waals surface area contributed by atoms with Crippen molar-refractivity contribution in [1.29, 1.82) is 0 Å². The van der Waals surface area contributed by atoms with Crippen LogP contribution in [0.2, 0.25) is 0 Å². The highest BCUT2D eigenvalue weighted by atomic mass is 79.9. The molecule has 0 aromatic heterocycles. The van der Waals surface area contributed by atoms with Crippen molar-refractivity contribution in [2.75, 3.05) is 6.61 Å². The van der Waals surface area contributed by atoms with Crippen molar-refractivity contribution in [3.05, 3.63) is 29.3 Å². The van der Waals surface area contributed by atoms with E-state index in [1.807, 2.05) is 19.1 Å². The molecule has 0 radical (unpaired) electrons. The van der Waals surface area contributed by atoms with Gasteiger partial charge < -0.3 is 4.74 Å². The maximum absolute atomic E-state index is 13.3. The molecule has 106 valence electrons. The predicted octanol–water partition coefficient (Wildman–Crippen LogP) is 5.09. The van der Waals surface area contributed by atoms with Crippen molar-refractivity contribution in [1.82, 2.24) is 0 Å². The summed E-state index contributed by atoms with van der Waals surface area (Å²) in [5, 5.41) is 0.713. The fourth-order valence-corrected chi connectivity index (χ4v) is 3.02. The molecule has 0 aliphatic heterocycles. The minimum Gasteiger partial charge on any atom is -0.493 e. The topological polar surface area (TPSA) is 9.23 Å². The summed E-state index contributed by atoms with van der Waals surface area (Å²) in [6.07, 6.45) is 1.43. The first-order chi connectivity index (χ1) is 9.00. The zero-order valence-electron chi connectivity index (χ0n) is 11.1. The lowest BCUT2D eigenvalue weighted by molar-refractivity contribution is -0.0585. The van der Waals surface area contributed by atoms with Crippen LogP contribution in [-0.2, 0) is 5.33 Å². The molecular formula is C15H19BrF2O. The van der Waals surface area contributed by atoms with E-state index in [0.717, 1.165) is 17.7 Å². The van der Waals surface area contributed by atoms with E-state index in [1.54, 1.807) is 0 Å². The summed E-state index contributed by atoms with van der Waals surface area (Å²) in [6.45, 7) is 2.41. The molecule has 4 heteroatoms. The fourth-order valence-electron chi connectivity index (χ4n) is 2.58. The molecule has 1 fully saturated rings. The largest absolute Gasteiger partial charge is 0.493 e. The number of hydrogen-bond donors (Lipinski definition) is 0. The van der Waals surface area contributed by atoms with Gasteiger partial charge in [-0.1, -0.05) is 33.6 Å². The summed E-state index contributed by atoms with van der Waals surface area (Å²) in [7, 11) is 0. The van der Waals surface area contributed by atoms with Gasteiger partial charge in [0.15, 0.2) is 0 Å². The monoisotopic (exact) mass is 332 g/mol. The zero-order chi connectivity index (χ0) is 13.9. The van der Waals surface area contributed by atoms with Crippen molar-refractivity contribution in [2.24, 2.45) is 5.92 Å². The number of hydrogen-bond acceptors (Lipinski definition) is 1. The lowest BCUT2D eigenvalue weighted by Crippen LogP contribution is -2.29. The molecule has 0 heterocycles. The molecule has 1 saturated carbocycles. The van der Waals surface area contributed by atoms with Gasteiger partial charge in [0.25, 0.3) is 0 Å². The first kappa shape index (κ1) is 14.8. The van der Waals surface area contributed by atoms with Crippen molar-refractivity contribution in [3.63, 3.8) is 0 Å². The van der Waals surface area contributed by atoms with Gasteiger partial charge in [-0.05, 0) is 31.7 Å². The minimum absolute atomic E-state index is 0.0285. The maximum Gasteiger partial charge on any atom is 0.248 e. The average molecular weight is 333 g/mol. The minimum atomic E-state index is -2.50. The van der Waals surface area contributed by atoms with Crippen LogP contribution in [-0.4, -0.2) is 12.5 Å². The zero-order valence-corrected chi connectivity index (χ0v) is 12.7. The van der Waals surface area contributed by atoms with Crippen LogP contribution in [0.5, 0.6) is 5.75 Å². The van der Waals surface area contributed by atoms with Gasteiger partial charge in [-0.15, -0.1) is 0 Å². The molecule has 1 nitrogen and oxygen atoms in total. The van der Waals surface area contributed by atoms with Gasteiger partial charge in [0.1, 0.15) is 5.75 Å². The third-order valence-corrected chi connectivity index (χ3v) is 4.18. The fraction of sp³-hybridized carbons (Fsp3) is 0.600. The molecule has 0 N–H and O–H groups in total. The van der Waals surface area contributed by atoms with Crippen LogP contribution < -0.4 is 4.74 Å². The number of aryl methyl sites for hydroxylation is 1. The Morgan fingerprint density at radius 2 is 2.21 bits per heavy atom. The number of ether oxygens (including phenoxy) is 1. The van der Waals surface area contributed by atoms with Crippen LogP contribution in [0.3, 0.4) is 0 Å². The smallest absolute Gasteiger partial charge is 0.248 e. The summed E-state index contributed by atoms with van der Waals surface area (Å²) >= 11 is 3.43. The van der Waals surface area contributed by atoms with Gasteiger partial charge in [-0.25, -0.2) is 8.78 Å². The standard InChI is InChI=1S/C15H19BrF2O/c1-11-4-5-14(13(7-11)9-16)19-10-12-3-2-6-15(17,18)8-12/h4-5,7,12H,2-3,6,8-10H2,1H3. The Labute approximate surface area is 121 Å². The Morgan fingerprint density at radius 3 is 2.89 bits per heavy atom. The molecular weight excluding hydrogens is 314 g/mol. The summed E-state index contributed by atoms with van der Waals surface area (Å²) in [6, 6.07) is 5.96. The molecule has 0 amide bonds. The van der Waals surface area contributed by atoms with Crippen LogP contribution in [0.4, 0.5) is 8.78 Å².